The van der Waals surface area contributed by atoms with E-state index in [1.165, 1.54) is 21.3 Å². The van der Waals surface area contributed by atoms with Crippen molar-refractivity contribution in [3.05, 3.63) is 51.5 Å². The monoisotopic (exact) mass is 483 g/mol. The largest absolute Gasteiger partial charge is 0.493 e. The molecule has 1 N–H and O–H groups in total. The molecule has 1 aliphatic heterocycles. The van der Waals surface area contributed by atoms with Crippen LogP contribution in [0.15, 0.2) is 30.3 Å². The summed E-state index contributed by atoms with van der Waals surface area (Å²) in [6, 6.07) is 8.49. The van der Waals surface area contributed by atoms with Gasteiger partial charge in [0.2, 0.25) is 5.75 Å². The highest BCUT2D eigenvalue weighted by atomic mass is 35.5. The Bertz CT molecular complexity index is 944. The lowest BCUT2D eigenvalue weighted by molar-refractivity contribution is -0.0635. The van der Waals surface area contributed by atoms with Crippen LogP contribution in [0.3, 0.4) is 0 Å². The molecule has 2 aromatic rings. The first kappa shape index (κ1) is 24.5. The Hall–Kier alpha value is -2.19. The number of hydrogen-bond acceptors (Lipinski definition) is 6. The van der Waals surface area contributed by atoms with Crippen molar-refractivity contribution in [3.8, 4) is 17.2 Å². The van der Waals surface area contributed by atoms with Crippen LogP contribution in [-0.2, 0) is 10.3 Å². The summed E-state index contributed by atoms with van der Waals surface area (Å²) in [5.74, 6) is 0.994. The topological polar surface area (TPSA) is 77.5 Å². The minimum atomic E-state index is -0.921. The fourth-order valence-electron chi connectivity index (χ4n) is 3.95. The number of carbonyl (C=O) groups is 1. The highest BCUT2D eigenvalue weighted by molar-refractivity contribution is 6.42. The number of rotatable bonds is 7. The number of amides is 1. The van der Waals surface area contributed by atoms with E-state index in [1.807, 2.05) is 6.07 Å². The molecule has 1 fully saturated rings. The molecule has 1 atom stereocenters. The van der Waals surface area contributed by atoms with Gasteiger partial charge in [-0.15, -0.1) is 0 Å². The molecule has 0 aliphatic carbocycles. The van der Waals surface area contributed by atoms with E-state index >= 15 is 0 Å². The molecule has 1 saturated heterocycles. The van der Waals surface area contributed by atoms with Gasteiger partial charge in [-0.1, -0.05) is 29.3 Å². The molecular formula is C23H27Cl2NO6. The van der Waals surface area contributed by atoms with Crippen molar-refractivity contribution in [2.45, 2.75) is 18.4 Å². The lowest BCUT2D eigenvalue weighted by Gasteiger charge is -2.36. The summed E-state index contributed by atoms with van der Waals surface area (Å²) in [7, 11) is 4.51. The summed E-state index contributed by atoms with van der Waals surface area (Å²) in [5.41, 5.74) is 0.231. The van der Waals surface area contributed by atoms with Crippen molar-refractivity contribution < 1.29 is 28.8 Å². The van der Waals surface area contributed by atoms with E-state index in [4.69, 9.17) is 42.1 Å². The summed E-state index contributed by atoms with van der Waals surface area (Å²) >= 11 is 12.4. The van der Waals surface area contributed by atoms with Gasteiger partial charge in [-0.25, -0.2) is 0 Å². The fourth-order valence-corrected chi connectivity index (χ4v) is 4.24. The van der Waals surface area contributed by atoms with Gasteiger partial charge in [0.05, 0.1) is 37.9 Å². The number of hydrogen-bond donors (Lipinski definition) is 1. The zero-order valence-corrected chi connectivity index (χ0v) is 19.8. The third-order valence-electron chi connectivity index (χ3n) is 5.56. The maximum atomic E-state index is 13.5. The molecule has 3 rings (SSSR count). The van der Waals surface area contributed by atoms with Crippen LogP contribution in [0.25, 0.3) is 0 Å². The standard InChI is InChI=1S/C23H27Cl2NO6/c1-29-19-11-15(12-20(30-2)21(19)31-3)22(28)26-8-4-10-32-23(14-26,7-9-27)16-5-6-17(24)18(25)13-16/h5-6,11-13,27H,4,7-10,14H2,1-3H3/t23-/m0/s1. The molecule has 7 nitrogen and oxygen atoms in total. The van der Waals surface area contributed by atoms with E-state index in [1.54, 1.807) is 29.2 Å². The lowest BCUT2D eigenvalue weighted by Crippen LogP contribution is -2.44. The van der Waals surface area contributed by atoms with Gasteiger partial charge in [-0.2, -0.15) is 0 Å². The zero-order chi connectivity index (χ0) is 23.3. The van der Waals surface area contributed by atoms with Crippen LogP contribution in [-0.4, -0.2) is 63.5 Å². The van der Waals surface area contributed by atoms with E-state index in [2.05, 4.69) is 0 Å². The van der Waals surface area contributed by atoms with E-state index in [0.717, 1.165) is 5.56 Å². The second-order valence-electron chi connectivity index (χ2n) is 7.44. The molecule has 0 aromatic heterocycles. The molecule has 9 heteroatoms. The van der Waals surface area contributed by atoms with Gasteiger partial charge >= 0.3 is 0 Å². The zero-order valence-electron chi connectivity index (χ0n) is 18.3. The number of nitrogens with zero attached hydrogens (tertiary/aromatic N) is 1. The Kier molecular flexibility index (Phi) is 8.11. The van der Waals surface area contributed by atoms with Crippen LogP contribution in [0.2, 0.25) is 10.0 Å². The van der Waals surface area contributed by atoms with Gasteiger partial charge in [0.1, 0.15) is 5.60 Å². The summed E-state index contributed by atoms with van der Waals surface area (Å²) in [5, 5.41) is 10.6. The second-order valence-corrected chi connectivity index (χ2v) is 8.25. The molecule has 0 spiro atoms. The minimum absolute atomic E-state index is 0.119. The second kappa shape index (κ2) is 10.6. The fraction of sp³-hybridized carbons (Fsp3) is 0.435. The molecule has 0 bridgehead atoms. The van der Waals surface area contributed by atoms with Crippen LogP contribution < -0.4 is 14.2 Å². The smallest absolute Gasteiger partial charge is 0.254 e. The number of methoxy groups -OCH3 is 3. The van der Waals surface area contributed by atoms with Gasteiger partial charge < -0.3 is 29.0 Å². The van der Waals surface area contributed by atoms with Gasteiger partial charge in [-0.3, -0.25) is 4.79 Å². The predicted octanol–water partition coefficient (Wildman–Crippen LogP) is 4.16. The van der Waals surface area contributed by atoms with Crippen molar-refractivity contribution in [2.75, 3.05) is 47.6 Å². The summed E-state index contributed by atoms with van der Waals surface area (Å²) in [6.45, 7) is 1.04. The van der Waals surface area contributed by atoms with Crippen LogP contribution in [0.4, 0.5) is 0 Å². The molecule has 0 saturated carbocycles. The number of aliphatic hydroxyl groups excluding tert-OH is 1. The maximum Gasteiger partial charge on any atom is 0.254 e. The maximum absolute atomic E-state index is 13.5. The van der Waals surface area contributed by atoms with Gasteiger partial charge in [-0.05, 0) is 36.2 Å². The Morgan fingerprint density at radius 3 is 2.34 bits per heavy atom. The molecule has 1 amide bonds. The third kappa shape index (κ3) is 4.91. The summed E-state index contributed by atoms with van der Waals surface area (Å²) in [4.78, 5) is 15.3. The Morgan fingerprint density at radius 1 is 1.09 bits per heavy atom. The number of ether oxygens (including phenoxy) is 4. The molecule has 0 radical (unpaired) electrons. The van der Waals surface area contributed by atoms with E-state index in [0.29, 0.717) is 58.9 Å². The number of aliphatic hydroxyl groups is 1. The highest BCUT2D eigenvalue weighted by Gasteiger charge is 2.39. The van der Waals surface area contributed by atoms with E-state index in [-0.39, 0.29) is 19.1 Å². The normalized spacial score (nSPS) is 18.8. The van der Waals surface area contributed by atoms with Gasteiger partial charge in [0.25, 0.3) is 5.91 Å². The average Bonchev–Trinajstić information content (AvgIpc) is 3.03. The van der Waals surface area contributed by atoms with Crippen molar-refractivity contribution in [3.63, 3.8) is 0 Å². The molecule has 2 aromatic carbocycles. The first-order chi connectivity index (χ1) is 15.4. The van der Waals surface area contributed by atoms with E-state index < -0.39 is 5.60 Å². The minimum Gasteiger partial charge on any atom is -0.493 e. The average molecular weight is 484 g/mol. The van der Waals surface area contributed by atoms with Crippen molar-refractivity contribution in [1.82, 2.24) is 4.90 Å². The Balaban J connectivity index is 2.00. The lowest BCUT2D eigenvalue weighted by atomic mass is 9.89. The molecule has 1 heterocycles. The third-order valence-corrected chi connectivity index (χ3v) is 6.30. The van der Waals surface area contributed by atoms with Crippen LogP contribution in [0.1, 0.15) is 28.8 Å². The van der Waals surface area contributed by atoms with Crippen molar-refractivity contribution >= 4 is 29.1 Å². The highest BCUT2D eigenvalue weighted by Crippen LogP contribution is 2.40. The molecule has 1 aliphatic rings. The first-order valence-electron chi connectivity index (χ1n) is 10.2. The number of carbonyl (C=O) groups excluding carboxylic acids is 1. The molecule has 174 valence electrons. The molecular weight excluding hydrogens is 457 g/mol. The Morgan fingerprint density at radius 2 is 1.78 bits per heavy atom. The quantitative estimate of drug-likeness (QED) is 0.636. The number of benzene rings is 2. The SMILES string of the molecule is COc1cc(C(=O)N2CCCO[C@](CCO)(c3ccc(Cl)c(Cl)c3)C2)cc(OC)c1OC. The van der Waals surface area contributed by atoms with E-state index in [9.17, 15) is 9.90 Å². The van der Waals surface area contributed by atoms with Gasteiger partial charge in [0.15, 0.2) is 11.5 Å². The predicted molar refractivity (Wildman–Crippen MR) is 122 cm³/mol. The molecule has 32 heavy (non-hydrogen) atoms. The van der Waals surface area contributed by atoms with Crippen molar-refractivity contribution in [2.24, 2.45) is 0 Å². The van der Waals surface area contributed by atoms with Crippen LogP contribution >= 0.6 is 23.2 Å². The van der Waals surface area contributed by atoms with Crippen molar-refractivity contribution in [1.29, 1.82) is 0 Å². The summed E-state index contributed by atoms with van der Waals surface area (Å²) in [6.07, 6.45) is 0.939. The van der Waals surface area contributed by atoms with Crippen LogP contribution in [0, 0.1) is 0 Å². The Labute approximate surface area is 197 Å². The van der Waals surface area contributed by atoms with Gasteiger partial charge in [0, 0.05) is 31.7 Å². The first-order valence-corrected chi connectivity index (χ1v) is 10.9. The number of halogens is 2. The molecule has 0 unspecified atom stereocenters. The summed E-state index contributed by atoms with van der Waals surface area (Å²) < 4.78 is 22.4. The van der Waals surface area contributed by atoms with Crippen LogP contribution in [0.5, 0.6) is 17.2 Å².